The van der Waals surface area contributed by atoms with Crippen LogP contribution in [0.1, 0.15) is 17.5 Å². The first-order valence-electron chi connectivity index (χ1n) is 8.51. The standard InChI is InChI=1S/C20H16BrN3O2S/c1-24-9-10-3-5-22-16-14(10)18(24)19(26)17-15(16)20(4-6-23-17)8-11(21)12(25)7-13(20)27-2/h3,5-9,22,26H,4H2,1-2H3. The number of thioether (sulfide) groups is 1. The van der Waals surface area contributed by atoms with E-state index < -0.39 is 5.41 Å². The van der Waals surface area contributed by atoms with Gasteiger partial charge in [-0.05, 0) is 34.3 Å². The molecule has 7 heteroatoms. The van der Waals surface area contributed by atoms with Crippen molar-refractivity contribution in [2.75, 3.05) is 11.6 Å². The van der Waals surface area contributed by atoms with Gasteiger partial charge in [0.1, 0.15) is 5.69 Å². The lowest BCUT2D eigenvalue weighted by Crippen LogP contribution is -2.32. The smallest absolute Gasteiger partial charge is 0.193 e. The second kappa shape index (κ2) is 5.62. The lowest BCUT2D eigenvalue weighted by molar-refractivity contribution is -0.110. The normalized spacial score (nSPS) is 22.7. The maximum absolute atomic E-state index is 12.3. The minimum atomic E-state index is -0.546. The number of nitrogens with one attached hydrogen (secondary N) is 1. The van der Waals surface area contributed by atoms with E-state index in [-0.39, 0.29) is 11.5 Å². The van der Waals surface area contributed by atoms with Gasteiger partial charge in [0, 0.05) is 53.5 Å². The number of phenolic OH excluding ortho intramolecular Hbond substituents is 1. The molecule has 5 nitrogen and oxygen atoms in total. The summed E-state index contributed by atoms with van der Waals surface area (Å²) in [5.41, 5.74) is 3.68. The van der Waals surface area contributed by atoms with Gasteiger partial charge in [0.2, 0.25) is 0 Å². The summed E-state index contributed by atoms with van der Waals surface area (Å²) >= 11 is 4.99. The number of hydrogen-bond donors (Lipinski definition) is 2. The number of aryl methyl sites for hydroxylation is 1. The molecule has 0 saturated carbocycles. The zero-order valence-electron chi connectivity index (χ0n) is 14.7. The molecule has 2 N–H and O–H groups in total. The molecule has 0 amide bonds. The van der Waals surface area contributed by atoms with E-state index in [2.05, 4.69) is 26.2 Å². The summed E-state index contributed by atoms with van der Waals surface area (Å²) in [4.78, 5) is 17.8. The largest absolute Gasteiger partial charge is 0.504 e. The van der Waals surface area contributed by atoms with Crippen LogP contribution in [-0.4, -0.2) is 27.9 Å². The predicted octanol–water partition coefficient (Wildman–Crippen LogP) is 4.73. The summed E-state index contributed by atoms with van der Waals surface area (Å²) in [6, 6.07) is 0. The maximum Gasteiger partial charge on any atom is 0.193 e. The van der Waals surface area contributed by atoms with Gasteiger partial charge in [0.05, 0.1) is 21.1 Å². The van der Waals surface area contributed by atoms with E-state index in [1.807, 2.05) is 48.6 Å². The fourth-order valence-electron chi connectivity index (χ4n) is 4.37. The number of carbonyl (C=O) groups excluding carboxylic acids is 1. The first kappa shape index (κ1) is 16.9. The van der Waals surface area contributed by atoms with Gasteiger partial charge in [-0.3, -0.25) is 9.79 Å². The van der Waals surface area contributed by atoms with Crippen LogP contribution in [0.5, 0.6) is 5.75 Å². The van der Waals surface area contributed by atoms with Crippen LogP contribution < -0.4 is 5.32 Å². The highest BCUT2D eigenvalue weighted by molar-refractivity contribution is 9.12. The number of rotatable bonds is 1. The third-order valence-corrected chi connectivity index (χ3v) is 7.04. The minimum absolute atomic E-state index is 0.0405. The molecule has 1 aromatic heterocycles. The third-order valence-electron chi connectivity index (χ3n) is 5.50. The van der Waals surface area contributed by atoms with Gasteiger partial charge in [0.25, 0.3) is 0 Å². The van der Waals surface area contributed by atoms with Crippen LogP contribution >= 0.6 is 27.7 Å². The molecule has 5 rings (SSSR count). The number of halogens is 1. The van der Waals surface area contributed by atoms with Crippen LogP contribution in [0.15, 0.2) is 38.9 Å². The lowest BCUT2D eigenvalue weighted by Gasteiger charge is -2.39. The van der Waals surface area contributed by atoms with Gasteiger partial charge in [-0.1, -0.05) is 6.08 Å². The van der Waals surface area contributed by atoms with Crippen LogP contribution in [0.25, 0.3) is 17.0 Å². The Bertz CT molecular complexity index is 1170. The number of phenols is 1. The number of benzene rings is 1. The molecule has 3 heterocycles. The van der Waals surface area contributed by atoms with E-state index in [0.717, 1.165) is 32.6 Å². The molecule has 1 spiro atoms. The quantitative estimate of drug-likeness (QED) is 0.627. The zero-order valence-corrected chi connectivity index (χ0v) is 17.1. The summed E-state index contributed by atoms with van der Waals surface area (Å²) in [5.74, 6) is 0.132. The van der Waals surface area contributed by atoms with Crippen LogP contribution in [-0.2, 0) is 17.3 Å². The molecule has 1 unspecified atom stereocenters. The molecule has 136 valence electrons. The monoisotopic (exact) mass is 441 g/mol. The fourth-order valence-corrected chi connectivity index (χ4v) is 5.71. The highest BCUT2D eigenvalue weighted by Crippen LogP contribution is 2.58. The van der Waals surface area contributed by atoms with Crippen LogP contribution in [0, 0.1) is 0 Å². The first-order valence-corrected chi connectivity index (χ1v) is 10.5. The lowest BCUT2D eigenvalue weighted by atomic mass is 9.71. The van der Waals surface area contributed by atoms with Crippen molar-refractivity contribution in [2.24, 2.45) is 12.0 Å². The third kappa shape index (κ3) is 2.07. The number of aliphatic imine (C=N–C) groups is 1. The Morgan fingerprint density at radius 3 is 3.04 bits per heavy atom. The number of hydrogen-bond acceptors (Lipinski definition) is 5. The van der Waals surface area contributed by atoms with Gasteiger partial charge in [-0.15, -0.1) is 11.8 Å². The zero-order chi connectivity index (χ0) is 18.9. The van der Waals surface area contributed by atoms with E-state index in [9.17, 15) is 9.90 Å². The Morgan fingerprint density at radius 2 is 2.26 bits per heavy atom. The Labute approximate surface area is 168 Å². The minimum Gasteiger partial charge on any atom is -0.504 e. The highest BCUT2D eigenvalue weighted by atomic mass is 79.9. The van der Waals surface area contributed by atoms with Crippen molar-refractivity contribution < 1.29 is 9.90 Å². The van der Waals surface area contributed by atoms with Crippen LogP contribution in [0.4, 0.5) is 11.4 Å². The maximum atomic E-state index is 12.3. The van der Waals surface area contributed by atoms with E-state index in [0.29, 0.717) is 16.6 Å². The molecule has 0 fully saturated rings. The van der Waals surface area contributed by atoms with Crippen molar-refractivity contribution >= 4 is 68.0 Å². The summed E-state index contributed by atoms with van der Waals surface area (Å²) in [6.07, 6.45) is 14.0. The van der Waals surface area contributed by atoms with Crippen LogP contribution in [0.2, 0.25) is 0 Å². The SMILES string of the molecule is CSC1=CC(=O)C(Br)=CC12CC=Nc1c2c2c3c(cn(C)c3c1O)C=CN2. The topological polar surface area (TPSA) is 66.6 Å². The van der Waals surface area contributed by atoms with Crippen molar-refractivity contribution in [2.45, 2.75) is 11.8 Å². The summed E-state index contributed by atoms with van der Waals surface area (Å²) in [6.45, 7) is 0. The molecule has 1 atom stereocenters. The van der Waals surface area contributed by atoms with E-state index in [1.54, 1.807) is 17.8 Å². The Balaban J connectivity index is 1.96. The molecular weight excluding hydrogens is 426 g/mol. The highest BCUT2D eigenvalue weighted by Gasteiger charge is 2.44. The van der Waals surface area contributed by atoms with Gasteiger partial charge >= 0.3 is 0 Å². The molecule has 27 heavy (non-hydrogen) atoms. The molecule has 1 aliphatic carbocycles. The number of nitrogens with zero attached hydrogens (tertiary/aromatic N) is 2. The number of fused-ring (bicyclic) bond motifs is 3. The number of allylic oxidation sites excluding steroid dienone is 4. The van der Waals surface area contributed by atoms with E-state index >= 15 is 0 Å². The summed E-state index contributed by atoms with van der Waals surface area (Å²) < 4.78 is 2.47. The number of ketones is 1. The van der Waals surface area contributed by atoms with Crippen molar-refractivity contribution in [3.8, 4) is 5.75 Å². The number of aromatic nitrogens is 1. The van der Waals surface area contributed by atoms with Crippen molar-refractivity contribution in [3.05, 3.63) is 45.1 Å². The number of anilines is 1. The first-order chi connectivity index (χ1) is 13.0. The number of aromatic hydroxyl groups is 1. The predicted molar refractivity (Wildman–Crippen MR) is 115 cm³/mol. The van der Waals surface area contributed by atoms with Gasteiger partial charge < -0.3 is 15.0 Å². The van der Waals surface area contributed by atoms with E-state index in [4.69, 9.17) is 0 Å². The Morgan fingerprint density at radius 1 is 1.44 bits per heavy atom. The fraction of sp³-hybridized carbons (Fsp3) is 0.200. The van der Waals surface area contributed by atoms with Crippen molar-refractivity contribution in [3.63, 3.8) is 0 Å². The average Bonchev–Trinajstić information content (AvgIpc) is 2.99. The van der Waals surface area contributed by atoms with Gasteiger partial charge in [-0.2, -0.15) is 0 Å². The molecule has 3 aliphatic rings. The van der Waals surface area contributed by atoms with Gasteiger partial charge in [0.15, 0.2) is 11.5 Å². The second-order valence-corrected chi connectivity index (χ2v) is 8.60. The van der Waals surface area contributed by atoms with E-state index in [1.165, 1.54) is 0 Å². The molecule has 2 aliphatic heterocycles. The molecule has 0 bridgehead atoms. The van der Waals surface area contributed by atoms with Crippen LogP contribution in [0.3, 0.4) is 0 Å². The molecule has 0 saturated heterocycles. The number of carbonyl (C=O) groups is 1. The molecule has 0 radical (unpaired) electrons. The summed E-state index contributed by atoms with van der Waals surface area (Å²) in [7, 11) is 1.92. The Hall–Kier alpha value is -2.25. The average molecular weight is 442 g/mol. The molecule has 1 aromatic carbocycles. The Kier molecular flexibility index (Phi) is 3.52. The second-order valence-electron chi connectivity index (χ2n) is 6.90. The van der Waals surface area contributed by atoms with Gasteiger partial charge in [-0.25, -0.2) is 0 Å². The van der Waals surface area contributed by atoms with Crippen molar-refractivity contribution in [1.29, 1.82) is 0 Å². The molecule has 2 aromatic rings. The van der Waals surface area contributed by atoms with Crippen molar-refractivity contribution in [1.82, 2.24) is 4.57 Å². The summed E-state index contributed by atoms with van der Waals surface area (Å²) in [5, 5.41) is 15.5. The molecular formula is C20H16BrN3O2S.